The summed E-state index contributed by atoms with van der Waals surface area (Å²) in [6.45, 7) is 1.84. The summed E-state index contributed by atoms with van der Waals surface area (Å²) in [7, 11) is -2.41. The number of methoxy groups -OCH3 is 1. The first-order chi connectivity index (χ1) is 14.1. The highest BCUT2D eigenvalue weighted by atomic mass is 32.2. The number of ether oxygens (including phenoxy) is 1. The van der Waals surface area contributed by atoms with Gasteiger partial charge in [-0.1, -0.05) is 30.3 Å². The fourth-order valence-corrected chi connectivity index (χ4v) is 3.93. The summed E-state index contributed by atoms with van der Waals surface area (Å²) in [5.74, 6) is -0.0287. The van der Waals surface area contributed by atoms with Crippen molar-refractivity contribution in [3.8, 4) is 5.75 Å². The van der Waals surface area contributed by atoms with E-state index in [0.29, 0.717) is 0 Å². The number of rotatable bonds is 10. The molecule has 0 heterocycles. The van der Waals surface area contributed by atoms with Crippen molar-refractivity contribution in [1.82, 2.24) is 5.32 Å². The predicted octanol–water partition coefficient (Wildman–Crippen LogP) is 3.03. The monoisotopic (exact) mass is 435 g/mol. The highest BCUT2D eigenvalue weighted by Crippen LogP contribution is 2.33. The normalized spacial score (nSPS) is 12.1. The van der Waals surface area contributed by atoms with Crippen LogP contribution >= 0.6 is 0 Å². The number of nitrogens with one attached hydrogen (secondary N) is 1. The summed E-state index contributed by atoms with van der Waals surface area (Å²) in [6.07, 6.45) is 1.33. The number of carbonyl (C=O) groups excluding carboxylic acids is 1. The van der Waals surface area contributed by atoms with Crippen molar-refractivity contribution in [2.24, 2.45) is 0 Å². The molecule has 9 nitrogen and oxygen atoms in total. The lowest BCUT2D eigenvalue weighted by atomic mass is 10.1. The molecule has 0 aromatic heterocycles. The van der Waals surface area contributed by atoms with Gasteiger partial charge >= 0.3 is 0 Å². The van der Waals surface area contributed by atoms with Gasteiger partial charge in [-0.15, -0.1) is 0 Å². The third-order valence-electron chi connectivity index (χ3n) is 4.48. The quantitative estimate of drug-likeness (QED) is 0.453. The summed E-state index contributed by atoms with van der Waals surface area (Å²) in [5.41, 5.74) is 0.770. The Morgan fingerprint density at radius 3 is 2.47 bits per heavy atom. The number of nitrogens with zero attached hydrogens (tertiary/aromatic N) is 2. The molecule has 2 aromatic carbocycles. The van der Waals surface area contributed by atoms with Crippen LogP contribution in [0, 0.1) is 10.1 Å². The Balaban J connectivity index is 2.09. The van der Waals surface area contributed by atoms with Crippen molar-refractivity contribution in [2.75, 3.05) is 24.2 Å². The van der Waals surface area contributed by atoms with Crippen molar-refractivity contribution >= 4 is 27.3 Å². The lowest BCUT2D eigenvalue weighted by molar-refractivity contribution is -0.384. The van der Waals surface area contributed by atoms with E-state index in [-0.39, 0.29) is 48.5 Å². The van der Waals surface area contributed by atoms with Crippen LogP contribution in [-0.2, 0) is 14.8 Å². The SMILES string of the molecule is COc1ccc([N+](=O)[O-])cc1N(CCCC(=O)N[C@H](C)c1ccccc1)S(C)(=O)=O. The van der Waals surface area contributed by atoms with Crippen LogP contribution in [0.3, 0.4) is 0 Å². The smallest absolute Gasteiger partial charge is 0.271 e. The average molecular weight is 436 g/mol. The topological polar surface area (TPSA) is 119 Å². The first-order valence-corrected chi connectivity index (χ1v) is 11.1. The minimum Gasteiger partial charge on any atom is -0.495 e. The van der Waals surface area contributed by atoms with Crippen LogP contribution in [0.4, 0.5) is 11.4 Å². The summed E-state index contributed by atoms with van der Waals surface area (Å²) < 4.78 is 30.8. The first kappa shape index (κ1) is 23.1. The molecule has 0 aliphatic heterocycles. The average Bonchev–Trinajstić information content (AvgIpc) is 2.70. The molecule has 10 heteroatoms. The molecule has 1 amide bonds. The van der Waals surface area contributed by atoms with E-state index in [0.717, 1.165) is 22.2 Å². The lowest BCUT2D eigenvalue weighted by Crippen LogP contribution is -2.33. The number of sulfonamides is 1. The molecule has 0 spiro atoms. The number of anilines is 1. The van der Waals surface area contributed by atoms with E-state index in [2.05, 4.69) is 5.32 Å². The maximum Gasteiger partial charge on any atom is 0.271 e. The van der Waals surface area contributed by atoms with Gasteiger partial charge in [0.05, 0.1) is 24.3 Å². The summed E-state index contributed by atoms with van der Waals surface area (Å²) in [4.78, 5) is 22.8. The lowest BCUT2D eigenvalue weighted by Gasteiger charge is -2.24. The summed E-state index contributed by atoms with van der Waals surface area (Å²) >= 11 is 0. The van der Waals surface area contributed by atoms with Crippen molar-refractivity contribution in [2.45, 2.75) is 25.8 Å². The van der Waals surface area contributed by atoms with Crippen LogP contribution in [-0.4, -0.2) is 39.2 Å². The molecule has 2 rings (SSSR count). The summed E-state index contributed by atoms with van der Waals surface area (Å²) in [5, 5.41) is 14.0. The van der Waals surface area contributed by atoms with Crippen LogP contribution in [0.5, 0.6) is 5.75 Å². The Morgan fingerprint density at radius 1 is 1.23 bits per heavy atom. The van der Waals surface area contributed by atoms with Crippen molar-refractivity contribution in [1.29, 1.82) is 0 Å². The fraction of sp³-hybridized carbons (Fsp3) is 0.350. The molecule has 0 aliphatic carbocycles. The number of non-ortho nitro benzene ring substituents is 1. The maximum atomic E-state index is 12.3. The van der Waals surface area contributed by atoms with Crippen LogP contribution in [0.25, 0.3) is 0 Å². The highest BCUT2D eigenvalue weighted by Gasteiger charge is 2.24. The molecule has 0 radical (unpaired) electrons. The third kappa shape index (κ3) is 6.18. The molecule has 30 heavy (non-hydrogen) atoms. The van der Waals surface area contributed by atoms with Gasteiger partial charge in [0.15, 0.2) is 0 Å². The Kier molecular flexibility index (Phi) is 7.76. The Bertz CT molecular complexity index is 995. The minimum atomic E-state index is -3.76. The van der Waals surface area contributed by atoms with Gasteiger partial charge in [0, 0.05) is 25.1 Å². The molecule has 2 aromatic rings. The largest absolute Gasteiger partial charge is 0.495 e. The minimum absolute atomic E-state index is 0.0243. The second-order valence-electron chi connectivity index (χ2n) is 6.75. The first-order valence-electron chi connectivity index (χ1n) is 9.28. The number of nitro groups is 1. The number of nitro benzene ring substituents is 1. The van der Waals surface area contributed by atoms with Gasteiger partial charge in [0.2, 0.25) is 15.9 Å². The third-order valence-corrected chi connectivity index (χ3v) is 5.66. The van der Waals surface area contributed by atoms with Crippen LogP contribution < -0.4 is 14.4 Å². The van der Waals surface area contributed by atoms with E-state index < -0.39 is 14.9 Å². The maximum absolute atomic E-state index is 12.3. The van der Waals surface area contributed by atoms with Crippen molar-refractivity contribution < 1.29 is 22.9 Å². The van der Waals surface area contributed by atoms with E-state index >= 15 is 0 Å². The van der Waals surface area contributed by atoms with Crippen molar-refractivity contribution in [3.63, 3.8) is 0 Å². The van der Waals surface area contributed by atoms with Crippen LogP contribution in [0.1, 0.15) is 31.4 Å². The van der Waals surface area contributed by atoms with E-state index in [1.165, 1.54) is 19.2 Å². The molecular formula is C20H25N3O6S. The molecular weight excluding hydrogens is 410 g/mol. The molecule has 1 atom stereocenters. The van der Waals surface area contributed by atoms with E-state index in [9.17, 15) is 23.3 Å². The molecule has 0 saturated heterocycles. The van der Waals surface area contributed by atoms with Gasteiger partial charge in [-0.2, -0.15) is 0 Å². The second-order valence-corrected chi connectivity index (χ2v) is 8.66. The molecule has 0 bridgehead atoms. The molecule has 0 fully saturated rings. The summed E-state index contributed by atoms with van der Waals surface area (Å²) in [6, 6.07) is 13.0. The molecule has 0 saturated carbocycles. The second kappa shape index (κ2) is 10.1. The molecule has 162 valence electrons. The predicted molar refractivity (Wildman–Crippen MR) is 114 cm³/mol. The van der Waals surface area contributed by atoms with Gasteiger partial charge in [0.1, 0.15) is 11.4 Å². The molecule has 0 aliphatic rings. The number of amides is 1. The number of hydrogen-bond donors (Lipinski definition) is 1. The van der Waals surface area contributed by atoms with Crippen molar-refractivity contribution in [3.05, 3.63) is 64.2 Å². The fourth-order valence-electron chi connectivity index (χ4n) is 2.97. The van der Waals surface area contributed by atoms with Gasteiger partial charge in [-0.25, -0.2) is 8.42 Å². The molecule has 1 N–H and O–H groups in total. The Morgan fingerprint density at radius 2 is 1.90 bits per heavy atom. The highest BCUT2D eigenvalue weighted by molar-refractivity contribution is 7.92. The standard InChI is InChI=1S/C20H25N3O6S/c1-15(16-8-5-4-6-9-16)21-20(24)10-7-13-22(30(3,27)28)18-14-17(23(25)26)11-12-19(18)29-2/h4-6,8-9,11-12,14-15H,7,10,13H2,1-3H3,(H,21,24)/t15-/m1/s1. The zero-order valence-corrected chi connectivity index (χ0v) is 17.9. The number of hydrogen-bond acceptors (Lipinski definition) is 6. The van der Waals surface area contributed by atoms with E-state index in [1.54, 1.807) is 0 Å². The Hall–Kier alpha value is -3.14. The van der Waals surface area contributed by atoms with Crippen LogP contribution in [0.15, 0.2) is 48.5 Å². The van der Waals surface area contributed by atoms with E-state index in [4.69, 9.17) is 4.74 Å². The number of benzene rings is 2. The number of carbonyl (C=O) groups is 1. The zero-order valence-electron chi connectivity index (χ0n) is 17.1. The van der Waals surface area contributed by atoms with Crippen LogP contribution in [0.2, 0.25) is 0 Å². The zero-order chi connectivity index (χ0) is 22.3. The van der Waals surface area contributed by atoms with Gasteiger partial charge in [0.25, 0.3) is 5.69 Å². The van der Waals surface area contributed by atoms with Gasteiger partial charge in [-0.3, -0.25) is 19.2 Å². The Labute approximate surface area is 175 Å². The molecule has 0 unspecified atom stereocenters. The van der Waals surface area contributed by atoms with Gasteiger partial charge < -0.3 is 10.1 Å². The van der Waals surface area contributed by atoms with E-state index in [1.807, 2.05) is 37.3 Å². The van der Waals surface area contributed by atoms with Gasteiger partial charge in [-0.05, 0) is 25.0 Å².